The van der Waals surface area contributed by atoms with E-state index < -0.39 is 9.84 Å². The number of anilines is 1. The highest BCUT2D eigenvalue weighted by Crippen LogP contribution is 2.23. The number of sulfone groups is 1. The first-order chi connectivity index (χ1) is 14.6. The molecule has 2 unspecified atom stereocenters. The fourth-order valence-corrected chi connectivity index (χ4v) is 4.45. The van der Waals surface area contributed by atoms with Gasteiger partial charge in [0.15, 0.2) is 16.4 Å². The summed E-state index contributed by atoms with van der Waals surface area (Å²) >= 11 is 0. The fourth-order valence-electron chi connectivity index (χ4n) is 3.82. The lowest BCUT2D eigenvalue weighted by atomic mass is 9.97. The zero-order chi connectivity index (χ0) is 22.6. The van der Waals surface area contributed by atoms with Crippen LogP contribution in [0, 0.1) is 0 Å². The predicted octanol–water partition coefficient (Wildman–Crippen LogP) is 3.51. The third kappa shape index (κ3) is 5.85. The lowest BCUT2D eigenvalue weighted by Gasteiger charge is -2.38. The quantitative estimate of drug-likeness (QED) is 0.736. The Morgan fingerprint density at radius 1 is 1.00 bits per heavy atom. The van der Waals surface area contributed by atoms with Crippen molar-refractivity contribution in [1.29, 1.82) is 0 Å². The first kappa shape index (κ1) is 22.8. The Kier molecular flexibility index (Phi) is 7.00. The highest BCUT2D eigenvalue weighted by atomic mass is 32.2. The summed E-state index contributed by atoms with van der Waals surface area (Å²) in [4.78, 5) is 27.1. The number of likely N-dealkylation sites (tertiary alicyclic amines) is 1. The average Bonchev–Trinajstić information content (AvgIpc) is 2.72. The van der Waals surface area contributed by atoms with E-state index in [1.807, 2.05) is 4.90 Å². The monoisotopic (exact) mass is 444 g/mol. The molecule has 0 aliphatic carbocycles. The Morgan fingerprint density at radius 3 is 2.13 bits per heavy atom. The number of piperidine rings is 1. The van der Waals surface area contributed by atoms with Gasteiger partial charge in [0.25, 0.3) is 11.8 Å². The first-order valence-corrected chi connectivity index (χ1v) is 12.2. The molecule has 1 aliphatic rings. The molecule has 1 N–H and O–H groups in total. The van der Waals surface area contributed by atoms with Gasteiger partial charge in [-0.25, -0.2) is 8.42 Å². The first-order valence-electron chi connectivity index (χ1n) is 10.3. The molecule has 2 aromatic carbocycles. The van der Waals surface area contributed by atoms with Crippen LogP contribution in [0.25, 0.3) is 0 Å². The van der Waals surface area contributed by atoms with Crippen LogP contribution >= 0.6 is 0 Å². The SMILES string of the molecule is CC1CCCC(C)N1C(=O)COc1ccc(C(=O)Nc2ccc(S(C)(=O)=O)cc2)cc1. The number of rotatable bonds is 6. The lowest BCUT2D eigenvalue weighted by Crippen LogP contribution is -2.49. The maximum absolute atomic E-state index is 12.6. The number of amides is 2. The highest BCUT2D eigenvalue weighted by molar-refractivity contribution is 7.90. The van der Waals surface area contributed by atoms with Crippen molar-refractivity contribution in [2.45, 2.75) is 50.1 Å². The van der Waals surface area contributed by atoms with Crippen LogP contribution in [-0.4, -0.2) is 50.1 Å². The smallest absolute Gasteiger partial charge is 0.260 e. The zero-order valence-electron chi connectivity index (χ0n) is 18.0. The summed E-state index contributed by atoms with van der Waals surface area (Å²) < 4.78 is 28.7. The minimum Gasteiger partial charge on any atom is -0.484 e. The van der Waals surface area contributed by atoms with E-state index in [0.29, 0.717) is 17.0 Å². The molecule has 166 valence electrons. The number of benzene rings is 2. The molecule has 3 rings (SSSR count). The largest absolute Gasteiger partial charge is 0.484 e. The van der Waals surface area contributed by atoms with Gasteiger partial charge < -0.3 is 15.0 Å². The van der Waals surface area contributed by atoms with E-state index in [1.165, 1.54) is 12.1 Å². The van der Waals surface area contributed by atoms with Crippen LogP contribution < -0.4 is 10.1 Å². The molecule has 1 aliphatic heterocycles. The molecule has 0 spiro atoms. The molecule has 2 aromatic rings. The van der Waals surface area contributed by atoms with Crippen LogP contribution in [-0.2, 0) is 14.6 Å². The fraction of sp³-hybridized carbons (Fsp3) is 0.391. The van der Waals surface area contributed by atoms with E-state index >= 15 is 0 Å². The van der Waals surface area contributed by atoms with Crippen LogP contribution in [0.5, 0.6) is 5.75 Å². The number of ether oxygens (including phenoxy) is 1. The van der Waals surface area contributed by atoms with Gasteiger partial charge in [0.2, 0.25) is 0 Å². The van der Waals surface area contributed by atoms with Gasteiger partial charge in [-0.3, -0.25) is 9.59 Å². The molecular weight excluding hydrogens is 416 g/mol. The summed E-state index contributed by atoms with van der Waals surface area (Å²) in [5, 5.41) is 2.72. The second kappa shape index (κ2) is 9.51. The van der Waals surface area contributed by atoms with Crippen molar-refractivity contribution in [2.24, 2.45) is 0 Å². The predicted molar refractivity (Wildman–Crippen MR) is 119 cm³/mol. The maximum Gasteiger partial charge on any atom is 0.260 e. The topological polar surface area (TPSA) is 92.8 Å². The normalized spacial score (nSPS) is 19.0. The summed E-state index contributed by atoms with van der Waals surface area (Å²) in [7, 11) is -3.28. The number of nitrogens with zero attached hydrogens (tertiary/aromatic N) is 1. The molecular formula is C23H28N2O5S. The molecule has 0 saturated carbocycles. The van der Waals surface area contributed by atoms with Gasteiger partial charge in [0, 0.05) is 29.6 Å². The zero-order valence-corrected chi connectivity index (χ0v) is 18.8. The third-order valence-corrected chi connectivity index (χ3v) is 6.63. The van der Waals surface area contributed by atoms with Crippen LogP contribution in [0.4, 0.5) is 5.69 Å². The minimum atomic E-state index is -3.28. The summed E-state index contributed by atoms with van der Waals surface area (Å²) in [6.07, 6.45) is 4.29. The standard InChI is InChI=1S/C23H28N2O5S/c1-16-5-4-6-17(2)25(16)22(26)15-30-20-11-7-18(8-12-20)23(27)24-19-9-13-21(14-10-19)31(3,28)29/h7-14,16-17H,4-6,15H2,1-3H3,(H,24,27). The van der Waals surface area contributed by atoms with E-state index in [9.17, 15) is 18.0 Å². The maximum atomic E-state index is 12.6. The second-order valence-corrected chi connectivity index (χ2v) is 10.0. The van der Waals surface area contributed by atoms with Crippen molar-refractivity contribution in [3.8, 4) is 5.75 Å². The van der Waals surface area contributed by atoms with E-state index in [1.54, 1.807) is 36.4 Å². The van der Waals surface area contributed by atoms with Crippen molar-refractivity contribution in [2.75, 3.05) is 18.2 Å². The van der Waals surface area contributed by atoms with E-state index in [-0.39, 0.29) is 35.4 Å². The van der Waals surface area contributed by atoms with Gasteiger partial charge in [-0.05, 0) is 81.6 Å². The van der Waals surface area contributed by atoms with Crippen LogP contribution in [0.1, 0.15) is 43.5 Å². The van der Waals surface area contributed by atoms with Crippen molar-refractivity contribution in [3.63, 3.8) is 0 Å². The Balaban J connectivity index is 1.56. The number of carbonyl (C=O) groups excluding carboxylic acids is 2. The van der Waals surface area contributed by atoms with Crippen molar-refractivity contribution in [3.05, 3.63) is 54.1 Å². The number of hydrogen-bond acceptors (Lipinski definition) is 5. The summed E-state index contributed by atoms with van der Waals surface area (Å²) in [6, 6.07) is 13.0. The van der Waals surface area contributed by atoms with Crippen molar-refractivity contribution >= 4 is 27.3 Å². The lowest BCUT2D eigenvalue weighted by molar-refractivity contribution is -0.139. The Morgan fingerprint density at radius 2 is 1.58 bits per heavy atom. The van der Waals surface area contributed by atoms with Gasteiger partial charge in [-0.1, -0.05) is 0 Å². The van der Waals surface area contributed by atoms with Gasteiger partial charge in [0.05, 0.1) is 4.90 Å². The number of carbonyl (C=O) groups is 2. The summed E-state index contributed by atoms with van der Waals surface area (Å²) in [6.45, 7) is 4.10. The van der Waals surface area contributed by atoms with Crippen molar-refractivity contribution < 1.29 is 22.7 Å². The van der Waals surface area contributed by atoms with Gasteiger partial charge in [-0.15, -0.1) is 0 Å². The Labute approximate surface area is 183 Å². The molecule has 31 heavy (non-hydrogen) atoms. The molecule has 0 aromatic heterocycles. The average molecular weight is 445 g/mol. The van der Waals surface area contributed by atoms with E-state index in [4.69, 9.17) is 4.74 Å². The van der Waals surface area contributed by atoms with E-state index in [2.05, 4.69) is 19.2 Å². The minimum absolute atomic E-state index is 0.0286. The molecule has 2 amide bonds. The second-order valence-electron chi connectivity index (χ2n) is 7.99. The van der Waals surface area contributed by atoms with E-state index in [0.717, 1.165) is 25.5 Å². The Hall–Kier alpha value is -2.87. The van der Waals surface area contributed by atoms with Crippen molar-refractivity contribution in [1.82, 2.24) is 4.90 Å². The molecule has 7 nitrogen and oxygen atoms in total. The van der Waals surface area contributed by atoms with Crippen LogP contribution in [0.15, 0.2) is 53.4 Å². The van der Waals surface area contributed by atoms with Gasteiger partial charge in [0.1, 0.15) is 5.75 Å². The molecule has 1 heterocycles. The van der Waals surface area contributed by atoms with Crippen LogP contribution in [0.2, 0.25) is 0 Å². The van der Waals surface area contributed by atoms with Gasteiger partial charge in [-0.2, -0.15) is 0 Å². The summed E-state index contributed by atoms with van der Waals surface area (Å²) in [5.74, 6) is 0.157. The molecule has 2 atom stereocenters. The number of nitrogens with one attached hydrogen (secondary N) is 1. The van der Waals surface area contributed by atoms with Gasteiger partial charge >= 0.3 is 0 Å². The molecule has 8 heteroatoms. The third-order valence-electron chi connectivity index (χ3n) is 5.50. The molecule has 0 radical (unpaired) electrons. The Bertz CT molecular complexity index is 1020. The molecule has 1 fully saturated rings. The highest BCUT2D eigenvalue weighted by Gasteiger charge is 2.28. The number of hydrogen-bond donors (Lipinski definition) is 1. The molecule has 1 saturated heterocycles. The van der Waals surface area contributed by atoms with Crippen LogP contribution in [0.3, 0.4) is 0 Å². The summed E-state index contributed by atoms with van der Waals surface area (Å²) in [5.41, 5.74) is 0.914. The molecule has 0 bridgehead atoms.